The van der Waals surface area contributed by atoms with Gasteiger partial charge in [0.25, 0.3) is 5.91 Å². The molecule has 0 saturated heterocycles. The Morgan fingerprint density at radius 1 is 1.22 bits per heavy atom. The van der Waals surface area contributed by atoms with E-state index >= 15 is 0 Å². The van der Waals surface area contributed by atoms with Gasteiger partial charge in [0.15, 0.2) is 6.61 Å². The van der Waals surface area contributed by atoms with Crippen LogP contribution in [-0.2, 0) is 11.4 Å². The molecule has 0 saturated carbocycles. The number of amides is 1. The molecule has 0 aliphatic carbocycles. The van der Waals surface area contributed by atoms with Crippen molar-refractivity contribution in [3.05, 3.63) is 59.2 Å². The Morgan fingerprint density at radius 3 is 2.70 bits per heavy atom. The lowest BCUT2D eigenvalue weighted by atomic mass is 10.0. The molecule has 0 aliphatic rings. The van der Waals surface area contributed by atoms with Gasteiger partial charge in [-0.15, -0.1) is 0 Å². The van der Waals surface area contributed by atoms with Crippen LogP contribution in [-0.4, -0.2) is 17.6 Å². The van der Waals surface area contributed by atoms with Gasteiger partial charge in [-0.2, -0.15) is 0 Å². The summed E-state index contributed by atoms with van der Waals surface area (Å²) in [6, 6.07) is 13.1. The van der Waals surface area contributed by atoms with Gasteiger partial charge in [0, 0.05) is 5.69 Å². The lowest BCUT2D eigenvalue weighted by Crippen LogP contribution is -2.20. The molecule has 1 amide bonds. The van der Waals surface area contributed by atoms with Gasteiger partial charge in [0.1, 0.15) is 5.75 Å². The van der Waals surface area contributed by atoms with Crippen molar-refractivity contribution in [2.45, 2.75) is 33.3 Å². The third kappa shape index (κ3) is 4.83. The highest BCUT2D eigenvalue weighted by Crippen LogP contribution is 2.27. The number of aryl methyl sites for hydroxylation is 1. The second kappa shape index (κ2) is 7.79. The molecule has 0 unspecified atom stereocenters. The lowest BCUT2D eigenvalue weighted by molar-refractivity contribution is -0.118. The first-order chi connectivity index (χ1) is 11.0. The second-order valence-electron chi connectivity index (χ2n) is 5.89. The van der Waals surface area contributed by atoms with Gasteiger partial charge in [-0.25, -0.2) is 0 Å². The molecule has 0 aliphatic heterocycles. The van der Waals surface area contributed by atoms with Crippen molar-refractivity contribution in [1.82, 2.24) is 0 Å². The number of hydrogen-bond acceptors (Lipinski definition) is 3. The van der Waals surface area contributed by atoms with Crippen molar-refractivity contribution in [2.24, 2.45) is 0 Å². The zero-order valence-corrected chi connectivity index (χ0v) is 13.8. The molecule has 122 valence electrons. The number of carbonyl (C=O) groups is 1. The summed E-state index contributed by atoms with van der Waals surface area (Å²) in [6.45, 7) is 6.08. The molecule has 23 heavy (non-hydrogen) atoms. The van der Waals surface area contributed by atoms with Gasteiger partial charge < -0.3 is 15.2 Å². The number of aliphatic hydroxyl groups is 1. The molecule has 2 aromatic rings. The molecule has 2 N–H and O–H groups in total. The molecule has 0 fully saturated rings. The maximum Gasteiger partial charge on any atom is 0.262 e. The molecular formula is C19H23NO3. The van der Waals surface area contributed by atoms with Crippen LogP contribution < -0.4 is 10.1 Å². The summed E-state index contributed by atoms with van der Waals surface area (Å²) in [6.07, 6.45) is 0. The maximum absolute atomic E-state index is 12.1. The van der Waals surface area contributed by atoms with Crippen LogP contribution in [0.2, 0.25) is 0 Å². The Kier molecular flexibility index (Phi) is 5.77. The van der Waals surface area contributed by atoms with Crippen molar-refractivity contribution in [1.29, 1.82) is 0 Å². The summed E-state index contributed by atoms with van der Waals surface area (Å²) in [5.74, 6) is 0.852. The fourth-order valence-electron chi connectivity index (χ4n) is 2.33. The highest BCUT2D eigenvalue weighted by Gasteiger charge is 2.10. The summed E-state index contributed by atoms with van der Waals surface area (Å²) in [4.78, 5) is 12.1. The topological polar surface area (TPSA) is 58.6 Å². The van der Waals surface area contributed by atoms with E-state index in [9.17, 15) is 4.79 Å². The molecule has 0 heterocycles. The molecule has 0 radical (unpaired) electrons. The van der Waals surface area contributed by atoms with Gasteiger partial charge in [-0.3, -0.25) is 4.79 Å². The van der Waals surface area contributed by atoms with E-state index in [2.05, 4.69) is 19.2 Å². The Labute approximate surface area is 137 Å². The Hall–Kier alpha value is -2.33. The van der Waals surface area contributed by atoms with Crippen molar-refractivity contribution >= 4 is 11.6 Å². The number of benzene rings is 2. The number of hydrogen-bond donors (Lipinski definition) is 2. The second-order valence-corrected chi connectivity index (χ2v) is 5.89. The van der Waals surface area contributed by atoms with Gasteiger partial charge in [-0.1, -0.05) is 38.1 Å². The summed E-state index contributed by atoms with van der Waals surface area (Å²) < 4.78 is 5.71. The number of nitrogens with one attached hydrogen (secondary N) is 1. The number of aliphatic hydroxyl groups excluding tert-OH is 1. The Bertz CT molecular complexity index is 680. The minimum Gasteiger partial charge on any atom is -0.483 e. The van der Waals surface area contributed by atoms with Crippen LogP contribution >= 0.6 is 0 Å². The zero-order valence-electron chi connectivity index (χ0n) is 13.8. The van der Waals surface area contributed by atoms with Crippen LogP contribution in [0.1, 0.15) is 36.5 Å². The number of ether oxygens (including phenoxy) is 1. The molecule has 0 bridgehead atoms. The van der Waals surface area contributed by atoms with Crippen LogP contribution in [0.15, 0.2) is 42.5 Å². The fourth-order valence-corrected chi connectivity index (χ4v) is 2.33. The van der Waals surface area contributed by atoms with E-state index in [1.165, 1.54) is 0 Å². The third-order valence-electron chi connectivity index (χ3n) is 3.54. The van der Waals surface area contributed by atoms with Crippen LogP contribution in [0.4, 0.5) is 5.69 Å². The van der Waals surface area contributed by atoms with E-state index in [0.717, 1.165) is 22.4 Å². The molecule has 0 aromatic heterocycles. The van der Waals surface area contributed by atoms with Crippen LogP contribution in [0.5, 0.6) is 5.75 Å². The highest BCUT2D eigenvalue weighted by atomic mass is 16.5. The average molecular weight is 313 g/mol. The smallest absolute Gasteiger partial charge is 0.262 e. The van der Waals surface area contributed by atoms with Crippen LogP contribution in [0.3, 0.4) is 0 Å². The molecule has 0 spiro atoms. The van der Waals surface area contributed by atoms with Crippen molar-refractivity contribution in [2.75, 3.05) is 11.9 Å². The molecule has 4 heteroatoms. The minimum atomic E-state index is -0.226. The van der Waals surface area contributed by atoms with Gasteiger partial charge >= 0.3 is 0 Å². The van der Waals surface area contributed by atoms with Gasteiger partial charge in [0.05, 0.1) is 6.61 Å². The highest BCUT2D eigenvalue weighted by molar-refractivity contribution is 5.91. The lowest BCUT2D eigenvalue weighted by Gasteiger charge is -2.15. The first-order valence-electron chi connectivity index (χ1n) is 7.72. The molecule has 2 aromatic carbocycles. The SMILES string of the molecule is Cc1ccc(C(C)C)c(OCC(=O)Nc2cccc(CO)c2)c1. The predicted octanol–water partition coefficient (Wildman–Crippen LogP) is 3.63. The quantitative estimate of drug-likeness (QED) is 0.856. The maximum atomic E-state index is 12.1. The van der Waals surface area contributed by atoms with Crippen LogP contribution in [0, 0.1) is 6.92 Å². The van der Waals surface area contributed by atoms with E-state index in [0.29, 0.717) is 11.6 Å². The molecule has 0 atom stereocenters. The molecule has 2 rings (SSSR count). The van der Waals surface area contributed by atoms with Crippen molar-refractivity contribution in [3.63, 3.8) is 0 Å². The normalized spacial score (nSPS) is 10.7. The molecule has 4 nitrogen and oxygen atoms in total. The summed E-state index contributed by atoms with van der Waals surface area (Å²) in [5, 5.41) is 11.9. The van der Waals surface area contributed by atoms with E-state index < -0.39 is 0 Å². The van der Waals surface area contributed by atoms with E-state index in [1.807, 2.05) is 25.1 Å². The standard InChI is InChI=1S/C19H23NO3/c1-13(2)17-8-7-14(3)9-18(17)23-12-19(22)20-16-6-4-5-15(10-16)11-21/h4-10,13,21H,11-12H2,1-3H3,(H,20,22). The fraction of sp³-hybridized carbons (Fsp3) is 0.316. The first kappa shape index (κ1) is 17.0. The number of carbonyl (C=O) groups excluding carboxylic acids is 1. The van der Waals surface area contributed by atoms with Crippen LogP contribution in [0.25, 0.3) is 0 Å². The number of rotatable bonds is 6. The summed E-state index contributed by atoms with van der Waals surface area (Å²) in [5.41, 5.74) is 3.59. The molecular weight excluding hydrogens is 290 g/mol. The average Bonchev–Trinajstić information content (AvgIpc) is 2.53. The zero-order chi connectivity index (χ0) is 16.8. The van der Waals surface area contributed by atoms with E-state index in [-0.39, 0.29) is 19.1 Å². The van der Waals surface area contributed by atoms with Gasteiger partial charge in [0.2, 0.25) is 0 Å². The Balaban J connectivity index is 2.00. The van der Waals surface area contributed by atoms with E-state index in [1.54, 1.807) is 24.3 Å². The predicted molar refractivity (Wildman–Crippen MR) is 91.8 cm³/mol. The van der Waals surface area contributed by atoms with Crippen molar-refractivity contribution in [3.8, 4) is 5.75 Å². The Morgan fingerprint density at radius 2 is 2.00 bits per heavy atom. The summed E-state index contributed by atoms with van der Waals surface area (Å²) in [7, 11) is 0. The third-order valence-corrected chi connectivity index (χ3v) is 3.54. The van der Waals surface area contributed by atoms with E-state index in [4.69, 9.17) is 9.84 Å². The largest absolute Gasteiger partial charge is 0.483 e. The van der Waals surface area contributed by atoms with Crippen molar-refractivity contribution < 1.29 is 14.6 Å². The minimum absolute atomic E-state index is 0.0491. The summed E-state index contributed by atoms with van der Waals surface area (Å²) >= 11 is 0. The number of anilines is 1. The van der Waals surface area contributed by atoms with Gasteiger partial charge in [-0.05, 0) is 47.7 Å². The monoisotopic (exact) mass is 313 g/mol. The first-order valence-corrected chi connectivity index (χ1v) is 7.72.